The average Bonchev–Trinajstić information content (AvgIpc) is 3.30. The van der Waals surface area contributed by atoms with Gasteiger partial charge in [0.2, 0.25) is 5.89 Å². The van der Waals surface area contributed by atoms with Crippen molar-refractivity contribution in [1.82, 2.24) is 15.3 Å². The lowest BCUT2D eigenvalue weighted by Gasteiger charge is -2.15. The van der Waals surface area contributed by atoms with Crippen LogP contribution < -0.4 is 4.74 Å². The van der Waals surface area contributed by atoms with Gasteiger partial charge in [-0.1, -0.05) is 5.10 Å². The second-order valence-corrected chi connectivity index (χ2v) is 7.68. The molecule has 0 N–H and O–H groups in total. The molecule has 1 atom stereocenters. The summed E-state index contributed by atoms with van der Waals surface area (Å²) in [5.41, 5.74) is 0.676. The maximum absolute atomic E-state index is 11.6. The highest BCUT2D eigenvalue weighted by Crippen LogP contribution is 2.22. The second-order valence-electron chi connectivity index (χ2n) is 6.42. The molecule has 0 aliphatic carbocycles. The van der Waals surface area contributed by atoms with E-state index < -0.39 is 22.7 Å². The summed E-state index contributed by atoms with van der Waals surface area (Å²) in [6.07, 6.45) is 2.10. The second kappa shape index (κ2) is 14.1. The molecule has 180 valence electrons. The monoisotopic (exact) mass is 483 g/mol. The molecular formula is C20H25N3O9S. The van der Waals surface area contributed by atoms with E-state index in [9.17, 15) is 18.6 Å². The standard InChI is InChI=1S/C20H25N3O9S/c1-23(17(25)4-3-9-24)32-18(26)14-29-11-10-28-12-13-30-16-7-5-15(6-8-16)19-21-22-20(31-19)33(2)27/h5-9H,3-4,10-14H2,1-2H3. The Morgan fingerprint density at radius 3 is 2.45 bits per heavy atom. The molecule has 1 unspecified atom stereocenters. The molecule has 0 saturated heterocycles. The van der Waals surface area contributed by atoms with E-state index in [1.807, 2.05) is 0 Å². The Morgan fingerprint density at radius 2 is 1.79 bits per heavy atom. The van der Waals surface area contributed by atoms with Gasteiger partial charge in [-0.2, -0.15) is 5.06 Å². The summed E-state index contributed by atoms with van der Waals surface area (Å²) in [5.74, 6) is -0.322. The average molecular weight is 483 g/mol. The Labute approximate surface area is 192 Å². The number of hydrogen-bond donors (Lipinski definition) is 0. The molecule has 0 bridgehead atoms. The lowest BCUT2D eigenvalue weighted by molar-refractivity contribution is -0.196. The van der Waals surface area contributed by atoms with Crippen molar-refractivity contribution in [3.63, 3.8) is 0 Å². The van der Waals surface area contributed by atoms with Crippen molar-refractivity contribution in [2.24, 2.45) is 0 Å². The fourth-order valence-electron chi connectivity index (χ4n) is 2.30. The summed E-state index contributed by atoms with van der Waals surface area (Å²) in [6.45, 7) is 0.657. The Kier molecular flexibility index (Phi) is 11.1. The lowest BCUT2D eigenvalue weighted by atomic mass is 10.2. The lowest BCUT2D eigenvalue weighted by Crippen LogP contribution is -2.31. The molecule has 0 aliphatic heterocycles. The summed E-state index contributed by atoms with van der Waals surface area (Å²) in [6, 6.07) is 6.95. The SMILES string of the molecule is CN(OC(=O)COCCOCCOc1ccc(-c2nnc(S(C)=O)o2)cc1)C(=O)CCC=O. The molecule has 1 amide bonds. The molecule has 2 aromatic rings. The zero-order valence-electron chi connectivity index (χ0n) is 18.3. The third kappa shape index (κ3) is 9.47. The fraction of sp³-hybridized carbons (Fsp3) is 0.450. The Bertz CT molecular complexity index is 933. The van der Waals surface area contributed by atoms with Crippen LogP contribution in [0.2, 0.25) is 0 Å². The summed E-state index contributed by atoms with van der Waals surface area (Å²) in [7, 11) is -0.0477. The van der Waals surface area contributed by atoms with Crippen LogP contribution in [0, 0.1) is 0 Å². The molecule has 0 fully saturated rings. The van der Waals surface area contributed by atoms with Crippen LogP contribution in [0.3, 0.4) is 0 Å². The highest BCUT2D eigenvalue weighted by atomic mass is 32.2. The van der Waals surface area contributed by atoms with Gasteiger partial charge in [0.1, 0.15) is 36.0 Å². The molecule has 1 aromatic carbocycles. The molecule has 0 radical (unpaired) electrons. The van der Waals surface area contributed by atoms with Gasteiger partial charge in [-0.3, -0.25) is 4.79 Å². The minimum atomic E-state index is -1.34. The number of benzene rings is 1. The first kappa shape index (κ1) is 26.1. The molecular weight excluding hydrogens is 458 g/mol. The van der Waals surface area contributed by atoms with Crippen molar-refractivity contribution < 1.29 is 42.1 Å². The van der Waals surface area contributed by atoms with Crippen molar-refractivity contribution in [3.8, 4) is 17.2 Å². The summed E-state index contributed by atoms with van der Waals surface area (Å²) >= 11 is 0. The number of carbonyl (C=O) groups excluding carboxylic acids is 3. The minimum absolute atomic E-state index is 0.0319. The molecule has 0 spiro atoms. The summed E-state index contributed by atoms with van der Waals surface area (Å²) in [5, 5.41) is 8.42. The summed E-state index contributed by atoms with van der Waals surface area (Å²) in [4.78, 5) is 38.1. The van der Waals surface area contributed by atoms with Crippen LogP contribution in [-0.2, 0) is 39.5 Å². The Hall–Kier alpha value is -3.16. The highest BCUT2D eigenvalue weighted by Gasteiger charge is 2.14. The molecule has 1 heterocycles. The van der Waals surface area contributed by atoms with Crippen LogP contribution in [0.1, 0.15) is 12.8 Å². The van der Waals surface area contributed by atoms with Gasteiger partial charge in [-0.05, 0) is 24.3 Å². The number of amides is 1. The van der Waals surface area contributed by atoms with E-state index in [1.54, 1.807) is 24.3 Å². The Balaban J connectivity index is 1.54. The van der Waals surface area contributed by atoms with Crippen LogP contribution in [0.25, 0.3) is 11.5 Å². The number of carbonyl (C=O) groups is 3. The van der Waals surface area contributed by atoms with Crippen molar-refractivity contribution in [3.05, 3.63) is 24.3 Å². The van der Waals surface area contributed by atoms with Gasteiger partial charge in [0.05, 0.1) is 19.8 Å². The van der Waals surface area contributed by atoms with Gasteiger partial charge < -0.3 is 28.3 Å². The van der Waals surface area contributed by atoms with Gasteiger partial charge in [0.15, 0.2) is 0 Å². The normalized spacial score (nSPS) is 11.6. The van der Waals surface area contributed by atoms with E-state index in [0.29, 0.717) is 30.8 Å². The van der Waals surface area contributed by atoms with Crippen molar-refractivity contribution in [2.75, 3.05) is 46.3 Å². The third-order valence-electron chi connectivity index (χ3n) is 3.91. The van der Waals surface area contributed by atoms with Gasteiger partial charge in [0.25, 0.3) is 5.91 Å². The molecule has 33 heavy (non-hydrogen) atoms. The van der Waals surface area contributed by atoms with Crippen molar-refractivity contribution in [1.29, 1.82) is 0 Å². The van der Waals surface area contributed by atoms with Crippen LogP contribution in [0.15, 0.2) is 33.9 Å². The maximum atomic E-state index is 11.6. The van der Waals surface area contributed by atoms with Gasteiger partial charge in [-0.15, -0.1) is 5.10 Å². The largest absolute Gasteiger partial charge is 0.491 e. The topological polar surface area (TPSA) is 147 Å². The molecule has 12 nitrogen and oxygen atoms in total. The van der Waals surface area contributed by atoms with Crippen molar-refractivity contribution in [2.45, 2.75) is 18.1 Å². The van der Waals surface area contributed by atoms with E-state index >= 15 is 0 Å². The number of aromatic nitrogens is 2. The first-order valence-electron chi connectivity index (χ1n) is 9.87. The van der Waals surface area contributed by atoms with Crippen LogP contribution >= 0.6 is 0 Å². The summed E-state index contributed by atoms with van der Waals surface area (Å²) < 4.78 is 32.7. The molecule has 1 aromatic heterocycles. The number of hydrogen-bond acceptors (Lipinski definition) is 11. The first-order valence-corrected chi connectivity index (χ1v) is 11.4. The van der Waals surface area contributed by atoms with Gasteiger partial charge >= 0.3 is 11.2 Å². The van der Waals surface area contributed by atoms with E-state index in [1.165, 1.54) is 13.3 Å². The smallest absolute Gasteiger partial charge is 0.357 e. The number of rotatable bonds is 14. The zero-order valence-corrected chi connectivity index (χ0v) is 19.1. The number of ether oxygens (including phenoxy) is 3. The third-order valence-corrected chi connectivity index (χ3v) is 4.56. The predicted octanol–water partition coefficient (Wildman–Crippen LogP) is 0.782. The van der Waals surface area contributed by atoms with E-state index in [2.05, 4.69) is 10.2 Å². The van der Waals surface area contributed by atoms with E-state index in [4.69, 9.17) is 23.5 Å². The van der Waals surface area contributed by atoms with E-state index in [-0.39, 0.29) is 43.8 Å². The number of aldehydes is 1. The van der Waals surface area contributed by atoms with Gasteiger partial charge in [-0.25, -0.2) is 9.00 Å². The van der Waals surface area contributed by atoms with Crippen molar-refractivity contribution >= 4 is 29.0 Å². The van der Waals surface area contributed by atoms with Crippen LogP contribution in [0.5, 0.6) is 5.75 Å². The quantitative estimate of drug-likeness (QED) is 0.213. The van der Waals surface area contributed by atoms with Crippen LogP contribution in [0.4, 0.5) is 0 Å². The number of hydroxylamine groups is 2. The molecule has 2 rings (SSSR count). The minimum Gasteiger partial charge on any atom is -0.491 e. The van der Waals surface area contributed by atoms with Crippen LogP contribution in [-0.4, -0.2) is 84.0 Å². The zero-order chi connectivity index (χ0) is 24.1. The van der Waals surface area contributed by atoms with Gasteiger partial charge in [0, 0.05) is 31.7 Å². The highest BCUT2D eigenvalue weighted by molar-refractivity contribution is 7.84. The first-order chi connectivity index (χ1) is 15.9. The predicted molar refractivity (Wildman–Crippen MR) is 113 cm³/mol. The number of nitrogens with zero attached hydrogens (tertiary/aromatic N) is 3. The van der Waals surface area contributed by atoms with E-state index in [0.717, 1.165) is 5.06 Å². The molecule has 0 aliphatic rings. The maximum Gasteiger partial charge on any atom is 0.357 e. The molecule has 13 heteroatoms. The molecule has 0 saturated carbocycles. The fourth-order valence-corrected chi connectivity index (χ4v) is 2.65. The Morgan fingerprint density at radius 1 is 1.09 bits per heavy atom.